The van der Waals surface area contributed by atoms with Gasteiger partial charge in [0, 0.05) is 22.8 Å². The molecule has 11 heteroatoms. The molecule has 2 heterocycles. The van der Waals surface area contributed by atoms with E-state index in [2.05, 4.69) is 20.6 Å². The zero-order valence-corrected chi connectivity index (χ0v) is 17.4. The van der Waals surface area contributed by atoms with E-state index in [4.69, 9.17) is 17.3 Å². The molecule has 0 fully saturated rings. The van der Waals surface area contributed by atoms with Gasteiger partial charge < -0.3 is 21.4 Å². The number of alkyl halides is 3. The Morgan fingerprint density at radius 1 is 1.03 bits per heavy atom. The van der Waals surface area contributed by atoms with Crippen LogP contribution >= 0.6 is 11.6 Å². The maximum atomic E-state index is 12.9. The molecule has 0 spiro atoms. The summed E-state index contributed by atoms with van der Waals surface area (Å²) in [5.74, 6) is -0.650. The third-order valence-electron chi connectivity index (χ3n) is 4.79. The number of aromatic nitrogens is 2. The van der Waals surface area contributed by atoms with E-state index in [-0.39, 0.29) is 16.4 Å². The van der Waals surface area contributed by atoms with Crippen molar-refractivity contribution in [3.63, 3.8) is 0 Å². The summed E-state index contributed by atoms with van der Waals surface area (Å²) < 4.78 is 38.7. The van der Waals surface area contributed by atoms with Crippen LogP contribution in [0.3, 0.4) is 0 Å². The molecule has 0 unspecified atom stereocenters. The van der Waals surface area contributed by atoms with Crippen molar-refractivity contribution in [3.8, 4) is 11.1 Å². The molecule has 0 aliphatic heterocycles. The summed E-state index contributed by atoms with van der Waals surface area (Å²) >= 11 is 5.90. The van der Waals surface area contributed by atoms with Gasteiger partial charge in [0.2, 0.25) is 0 Å². The summed E-state index contributed by atoms with van der Waals surface area (Å²) in [6.45, 7) is 0. The Labute approximate surface area is 189 Å². The topological polar surface area (TPSA) is 113 Å². The molecular formula is C22H15ClF3N5O2. The minimum atomic E-state index is -4.57. The number of aromatic amines is 1. The van der Waals surface area contributed by atoms with Gasteiger partial charge in [-0.05, 0) is 48.0 Å². The van der Waals surface area contributed by atoms with Crippen LogP contribution in [0, 0.1) is 0 Å². The zero-order chi connectivity index (χ0) is 23.8. The largest absolute Gasteiger partial charge is 0.416 e. The molecule has 2 aromatic carbocycles. The van der Waals surface area contributed by atoms with E-state index in [1.165, 1.54) is 0 Å². The lowest BCUT2D eigenvalue weighted by atomic mass is 10.0. The van der Waals surface area contributed by atoms with Crippen molar-refractivity contribution in [1.29, 1.82) is 0 Å². The third kappa shape index (κ3) is 4.60. The SMILES string of the molecule is NC(=O)c1[nH]c2ncccc2c1-c1ccc(NC(=O)Nc2cc(C(F)(F)F)ccc2Cl)cc1. The highest BCUT2D eigenvalue weighted by atomic mass is 35.5. The van der Waals surface area contributed by atoms with Gasteiger partial charge in [-0.2, -0.15) is 13.2 Å². The number of hydrogen-bond donors (Lipinski definition) is 4. The number of halogens is 4. The first-order chi connectivity index (χ1) is 15.6. The summed E-state index contributed by atoms with van der Waals surface area (Å²) in [6.07, 6.45) is -3.00. The average molecular weight is 474 g/mol. The number of nitrogens with two attached hydrogens (primary N) is 1. The first kappa shape index (κ1) is 22.2. The van der Waals surface area contributed by atoms with Crippen LogP contribution in [-0.4, -0.2) is 21.9 Å². The van der Waals surface area contributed by atoms with E-state index >= 15 is 0 Å². The van der Waals surface area contributed by atoms with Crippen LogP contribution in [0.15, 0.2) is 60.8 Å². The number of hydrogen-bond acceptors (Lipinski definition) is 3. The molecule has 168 valence electrons. The van der Waals surface area contributed by atoms with Gasteiger partial charge in [0.15, 0.2) is 0 Å². The van der Waals surface area contributed by atoms with Crippen LogP contribution < -0.4 is 16.4 Å². The minimum absolute atomic E-state index is 0.0413. The maximum Gasteiger partial charge on any atom is 0.416 e. The van der Waals surface area contributed by atoms with Crippen molar-refractivity contribution in [2.75, 3.05) is 10.6 Å². The lowest BCUT2D eigenvalue weighted by Crippen LogP contribution is -2.20. The molecule has 0 bridgehead atoms. The number of benzene rings is 2. The number of H-pyrrole nitrogens is 1. The standard InChI is InChI=1S/C22H15ClF3N5O2/c23-15-8-5-12(22(24,25)26)10-16(15)30-21(33)29-13-6-3-11(4-7-13)17-14-2-1-9-28-20(14)31-18(17)19(27)32/h1-10H,(H2,27,32)(H,28,31)(H2,29,30,33). The number of nitrogens with one attached hydrogen (secondary N) is 3. The van der Waals surface area contributed by atoms with Crippen LogP contribution in [0.5, 0.6) is 0 Å². The summed E-state index contributed by atoms with van der Waals surface area (Å²) in [4.78, 5) is 31.3. The highest BCUT2D eigenvalue weighted by molar-refractivity contribution is 6.33. The van der Waals surface area contributed by atoms with Crippen molar-refractivity contribution in [2.24, 2.45) is 5.73 Å². The Balaban J connectivity index is 1.55. The van der Waals surface area contributed by atoms with Crippen LogP contribution in [0.2, 0.25) is 5.02 Å². The summed E-state index contributed by atoms with van der Waals surface area (Å²) in [6, 6.07) is 11.8. The second-order valence-corrected chi connectivity index (χ2v) is 7.39. The highest BCUT2D eigenvalue weighted by Gasteiger charge is 2.31. The number of anilines is 2. The van der Waals surface area contributed by atoms with Crippen molar-refractivity contribution in [2.45, 2.75) is 6.18 Å². The summed E-state index contributed by atoms with van der Waals surface area (Å²) in [7, 11) is 0. The molecule has 4 aromatic rings. The lowest BCUT2D eigenvalue weighted by Gasteiger charge is -2.12. The molecule has 0 saturated carbocycles. The molecule has 0 aliphatic rings. The van der Waals surface area contributed by atoms with E-state index in [0.29, 0.717) is 27.8 Å². The van der Waals surface area contributed by atoms with Gasteiger partial charge in [-0.1, -0.05) is 23.7 Å². The molecule has 0 radical (unpaired) electrons. The summed E-state index contributed by atoms with van der Waals surface area (Å²) in [5.41, 5.74) is 6.64. The molecule has 0 atom stereocenters. The Morgan fingerprint density at radius 3 is 2.42 bits per heavy atom. The van der Waals surface area contributed by atoms with E-state index in [1.807, 2.05) is 0 Å². The Bertz CT molecular complexity index is 1370. The van der Waals surface area contributed by atoms with Gasteiger partial charge >= 0.3 is 12.2 Å². The third-order valence-corrected chi connectivity index (χ3v) is 5.12. The van der Waals surface area contributed by atoms with E-state index in [9.17, 15) is 22.8 Å². The highest BCUT2D eigenvalue weighted by Crippen LogP contribution is 2.34. The molecule has 33 heavy (non-hydrogen) atoms. The first-order valence-corrected chi connectivity index (χ1v) is 9.83. The Hall–Kier alpha value is -4.05. The van der Waals surface area contributed by atoms with Crippen LogP contribution in [0.1, 0.15) is 16.1 Å². The number of fused-ring (bicyclic) bond motifs is 1. The predicted octanol–water partition coefficient (Wildman–Crippen LogP) is 5.65. The Morgan fingerprint density at radius 2 is 1.76 bits per heavy atom. The molecule has 7 nitrogen and oxygen atoms in total. The van der Waals surface area contributed by atoms with Crippen molar-refractivity contribution < 1.29 is 22.8 Å². The second kappa shape index (κ2) is 8.47. The predicted molar refractivity (Wildman–Crippen MR) is 119 cm³/mol. The average Bonchev–Trinajstić information content (AvgIpc) is 3.15. The monoisotopic (exact) mass is 473 g/mol. The number of carbonyl (C=O) groups is 2. The number of nitrogens with zero attached hydrogens (tertiary/aromatic N) is 1. The molecule has 2 aromatic heterocycles. The second-order valence-electron chi connectivity index (χ2n) is 6.99. The number of urea groups is 1. The number of primary amides is 1. The maximum absolute atomic E-state index is 12.9. The van der Waals surface area contributed by atoms with Gasteiger partial charge in [-0.15, -0.1) is 0 Å². The molecule has 4 rings (SSSR count). The van der Waals surface area contributed by atoms with Gasteiger partial charge in [-0.3, -0.25) is 4.79 Å². The smallest absolute Gasteiger partial charge is 0.364 e. The van der Waals surface area contributed by atoms with E-state index in [1.54, 1.807) is 42.6 Å². The lowest BCUT2D eigenvalue weighted by molar-refractivity contribution is -0.137. The normalized spacial score (nSPS) is 11.4. The van der Waals surface area contributed by atoms with Gasteiger partial charge in [0.05, 0.1) is 16.3 Å². The zero-order valence-electron chi connectivity index (χ0n) is 16.6. The van der Waals surface area contributed by atoms with Crippen molar-refractivity contribution >= 4 is 45.9 Å². The van der Waals surface area contributed by atoms with Gasteiger partial charge in [-0.25, -0.2) is 9.78 Å². The fourth-order valence-corrected chi connectivity index (χ4v) is 3.47. The van der Waals surface area contributed by atoms with Gasteiger partial charge in [0.1, 0.15) is 11.3 Å². The molecular weight excluding hydrogens is 459 g/mol. The van der Waals surface area contributed by atoms with Crippen molar-refractivity contribution in [1.82, 2.24) is 9.97 Å². The molecule has 0 aliphatic carbocycles. The summed E-state index contributed by atoms with van der Waals surface area (Å²) in [5, 5.41) is 5.48. The first-order valence-electron chi connectivity index (χ1n) is 9.45. The number of pyridine rings is 1. The van der Waals surface area contributed by atoms with E-state index < -0.39 is 23.7 Å². The van der Waals surface area contributed by atoms with Crippen LogP contribution in [0.25, 0.3) is 22.2 Å². The van der Waals surface area contributed by atoms with Crippen molar-refractivity contribution in [3.05, 3.63) is 77.1 Å². The fraction of sp³-hybridized carbons (Fsp3) is 0.0455. The van der Waals surface area contributed by atoms with E-state index in [0.717, 1.165) is 18.2 Å². The minimum Gasteiger partial charge on any atom is -0.364 e. The molecule has 0 saturated heterocycles. The Kier molecular flexibility index (Phi) is 5.69. The number of amides is 3. The molecule has 5 N–H and O–H groups in total. The fourth-order valence-electron chi connectivity index (χ4n) is 3.31. The number of carbonyl (C=O) groups excluding carboxylic acids is 2. The van der Waals surface area contributed by atoms with Crippen LogP contribution in [0.4, 0.5) is 29.3 Å². The van der Waals surface area contributed by atoms with Gasteiger partial charge in [0.25, 0.3) is 5.91 Å². The molecule has 3 amide bonds. The number of rotatable bonds is 4. The van der Waals surface area contributed by atoms with Crippen LogP contribution in [-0.2, 0) is 6.18 Å². The quantitative estimate of drug-likeness (QED) is 0.307.